The first-order valence-corrected chi connectivity index (χ1v) is 8.28. The molecule has 1 aliphatic rings. The summed E-state index contributed by atoms with van der Waals surface area (Å²) in [5.74, 6) is 3.07. The Morgan fingerprint density at radius 2 is 1.76 bits per heavy atom. The second-order valence-electron chi connectivity index (χ2n) is 5.64. The minimum absolute atomic E-state index is 0.878. The van der Waals surface area contributed by atoms with Crippen LogP contribution >= 0.6 is 0 Å². The van der Waals surface area contributed by atoms with Crippen LogP contribution < -0.4 is 10.2 Å². The predicted octanol–water partition coefficient (Wildman–Crippen LogP) is 2.31. The molecule has 21 heavy (non-hydrogen) atoms. The summed E-state index contributed by atoms with van der Waals surface area (Å²) in [5, 5.41) is 3.45. The quantitative estimate of drug-likeness (QED) is 0.871. The third-order valence-electron chi connectivity index (χ3n) is 4.14. The van der Waals surface area contributed by atoms with Crippen molar-refractivity contribution < 1.29 is 0 Å². The molecule has 1 aromatic heterocycles. The zero-order valence-electron chi connectivity index (χ0n) is 13.9. The van der Waals surface area contributed by atoms with E-state index in [9.17, 15) is 0 Å². The smallest absolute Gasteiger partial charge is 0.137 e. The molecule has 118 valence electrons. The average Bonchev–Trinajstić information content (AvgIpc) is 2.54. The number of hydrogen-bond acceptors (Lipinski definition) is 5. The lowest BCUT2D eigenvalue weighted by Crippen LogP contribution is -2.46. The van der Waals surface area contributed by atoms with Gasteiger partial charge in [0.25, 0.3) is 0 Å². The molecule has 2 heterocycles. The van der Waals surface area contributed by atoms with Gasteiger partial charge >= 0.3 is 0 Å². The fraction of sp³-hybridized carbons (Fsp3) is 0.750. The van der Waals surface area contributed by atoms with Gasteiger partial charge in [-0.15, -0.1) is 0 Å². The summed E-state index contributed by atoms with van der Waals surface area (Å²) in [5.41, 5.74) is 1.19. The first kappa shape index (κ1) is 16.0. The Morgan fingerprint density at radius 1 is 1.05 bits per heavy atom. The van der Waals surface area contributed by atoms with Gasteiger partial charge in [-0.1, -0.05) is 20.8 Å². The van der Waals surface area contributed by atoms with E-state index < -0.39 is 0 Å². The van der Waals surface area contributed by atoms with Crippen molar-refractivity contribution in [2.75, 3.05) is 49.5 Å². The summed E-state index contributed by atoms with van der Waals surface area (Å²) in [4.78, 5) is 14.4. The second kappa shape index (κ2) is 7.59. The van der Waals surface area contributed by atoms with Gasteiger partial charge in [-0.25, -0.2) is 9.97 Å². The third-order valence-corrected chi connectivity index (χ3v) is 4.14. The summed E-state index contributed by atoms with van der Waals surface area (Å²) in [6, 6.07) is 0. The number of piperazine rings is 1. The lowest BCUT2D eigenvalue weighted by atomic mass is 10.2. The van der Waals surface area contributed by atoms with Crippen LogP contribution in [0.4, 0.5) is 11.6 Å². The molecule has 0 amide bonds. The molecule has 0 aromatic carbocycles. The maximum Gasteiger partial charge on any atom is 0.137 e. The topological polar surface area (TPSA) is 44.3 Å². The highest BCUT2D eigenvalue weighted by Gasteiger charge is 2.20. The van der Waals surface area contributed by atoms with Crippen molar-refractivity contribution in [2.45, 2.75) is 40.5 Å². The van der Waals surface area contributed by atoms with Crippen LogP contribution in [0.25, 0.3) is 0 Å². The number of nitrogens with zero attached hydrogens (tertiary/aromatic N) is 4. The molecule has 0 spiro atoms. The van der Waals surface area contributed by atoms with E-state index in [1.165, 1.54) is 5.56 Å². The maximum atomic E-state index is 4.79. The van der Waals surface area contributed by atoms with E-state index in [2.05, 4.69) is 47.8 Å². The van der Waals surface area contributed by atoms with Crippen LogP contribution in [0.1, 0.15) is 38.6 Å². The SMILES string of the molecule is CCCNc1nc(CC)nc(N2CCN(CC)CC2)c1C. The molecule has 1 fully saturated rings. The van der Waals surface area contributed by atoms with Crippen LogP contribution in [0, 0.1) is 6.92 Å². The highest BCUT2D eigenvalue weighted by atomic mass is 15.3. The van der Waals surface area contributed by atoms with Crippen molar-refractivity contribution >= 4 is 11.6 Å². The molecule has 0 unspecified atom stereocenters. The van der Waals surface area contributed by atoms with Crippen LogP contribution in [0.15, 0.2) is 0 Å². The third kappa shape index (κ3) is 3.84. The van der Waals surface area contributed by atoms with E-state index >= 15 is 0 Å². The standard InChI is InChI=1S/C16H29N5/c1-5-8-17-15-13(4)16(19-14(6-2)18-15)21-11-9-20(7-3)10-12-21/h5-12H2,1-4H3,(H,17,18,19). The van der Waals surface area contributed by atoms with Crippen molar-refractivity contribution in [3.8, 4) is 0 Å². The zero-order valence-corrected chi connectivity index (χ0v) is 13.9. The molecule has 1 saturated heterocycles. The van der Waals surface area contributed by atoms with E-state index in [0.29, 0.717) is 0 Å². The van der Waals surface area contributed by atoms with E-state index in [0.717, 1.165) is 69.6 Å². The lowest BCUT2D eigenvalue weighted by Gasteiger charge is -2.35. The fourth-order valence-electron chi connectivity index (χ4n) is 2.71. The molecule has 0 aliphatic carbocycles. The van der Waals surface area contributed by atoms with Gasteiger partial charge in [0.05, 0.1) is 0 Å². The number of likely N-dealkylation sites (N-methyl/N-ethyl adjacent to an activating group) is 1. The summed E-state index contributed by atoms with van der Waals surface area (Å²) in [6.45, 7) is 15.1. The summed E-state index contributed by atoms with van der Waals surface area (Å²) >= 11 is 0. The second-order valence-corrected chi connectivity index (χ2v) is 5.64. The van der Waals surface area contributed by atoms with Crippen molar-refractivity contribution in [1.82, 2.24) is 14.9 Å². The minimum Gasteiger partial charge on any atom is -0.370 e. The Morgan fingerprint density at radius 3 is 2.33 bits per heavy atom. The van der Waals surface area contributed by atoms with Crippen molar-refractivity contribution in [2.24, 2.45) is 0 Å². The summed E-state index contributed by atoms with van der Waals surface area (Å²) < 4.78 is 0. The van der Waals surface area contributed by atoms with Gasteiger partial charge in [0, 0.05) is 44.7 Å². The molecule has 0 radical (unpaired) electrons. The van der Waals surface area contributed by atoms with Gasteiger partial charge in [-0.3, -0.25) is 0 Å². The van der Waals surface area contributed by atoms with Crippen molar-refractivity contribution in [3.63, 3.8) is 0 Å². The van der Waals surface area contributed by atoms with E-state index in [-0.39, 0.29) is 0 Å². The first-order valence-electron chi connectivity index (χ1n) is 8.28. The highest BCUT2D eigenvalue weighted by molar-refractivity contribution is 5.59. The number of nitrogens with one attached hydrogen (secondary N) is 1. The maximum absolute atomic E-state index is 4.79. The Bertz CT molecular complexity index is 452. The monoisotopic (exact) mass is 291 g/mol. The van der Waals surface area contributed by atoms with Gasteiger partial charge in [0.15, 0.2) is 0 Å². The molecule has 1 aliphatic heterocycles. The molecular weight excluding hydrogens is 262 g/mol. The normalized spacial score (nSPS) is 16.3. The van der Waals surface area contributed by atoms with Gasteiger partial charge in [0.2, 0.25) is 0 Å². The average molecular weight is 291 g/mol. The number of anilines is 2. The minimum atomic E-state index is 0.878. The summed E-state index contributed by atoms with van der Waals surface area (Å²) in [6.07, 6.45) is 1.98. The number of rotatable bonds is 6. The highest BCUT2D eigenvalue weighted by Crippen LogP contribution is 2.25. The van der Waals surface area contributed by atoms with Crippen molar-refractivity contribution in [3.05, 3.63) is 11.4 Å². The van der Waals surface area contributed by atoms with E-state index in [4.69, 9.17) is 4.98 Å². The Labute approximate surface area is 128 Å². The lowest BCUT2D eigenvalue weighted by molar-refractivity contribution is 0.270. The summed E-state index contributed by atoms with van der Waals surface area (Å²) in [7, 11) is 0. The van der Waals surface area contributed by atoms with Crippen LogP contribution in [-0.2, 0) is 6.42 Å². The molecule has 5 heteroatoms. The van der Waals surface area contributed by atoms with Crippen molar-refractivity contribution in [1.29, 1.82) is 0 Å². The Hall–Kier alpha value is -1.36. The number of aryl methyl sites for hydroxylation is 1. The van der Waals surface area contributed by atoms with Crippen LogP contribution in [0.5, 0.6) is 0 Å². The molecule has 0 atom stereocenters. The molecule has 0 bridgehead atoms. The molecule has 1 aromatic rings. The molecule has 1 N–H and O–H groups in total. The van der Waals surface area contributed by atoms with Crippen LogP contribution in [0.3, 0.4) is 0 Å². The molecular formula is C16H29N5. The number of hydrogen-bond donors (Lipinski definition) is 1. The first-order chi connectivity index (χ1) is 10.2. The fourth-order valence-corrected chi connectivity index (χ4v) is 2.71. The van der Waals surface area contributed by atoms with Gasteiger partial charge in [0.1, 0.15) is 17.5 Å². The zero-order chi connectivity index (χ0) is 15.2. The van der Waals surface area contributed by atoms with Crippen LogP contribution in [0.2, 0.25) is 0 Å². The van der Waals surface area contributed by atoms with Gasteiger partial charge < -0.3 is 15.1 Å². The Kier molecular flexibility index (Phi) is 5.79. The predicted molar refractivity (Wildman–Crippen MR) is 89.3 cm³/mol. The van der Waals surface area contributed by atoms with E-state index in [1.807, 2.05) is 0 Å². The van der Waals surface area contributed by atoms with E-state index in [1.54, 1.807) is 0 Å². The largest absolute Gasteiger partial charge is 0.370 e. The van der Waals surface area contributed by atoms with Gasteiger partial charge in [-0.2, -0.15) is 0 Å². The number of aromatic nitrogens is 2. The molecule has 0 saturated carbocycles. The van der Waals surface area contributed by atoms with Crippen LogP contribution in [-0.4, -0.2) is 54.1 Å². The Balaban J connectivity index is 2.21. The van der Waals surface area contributed by atoms with Gasteiger partial charge in [-0.05, 0) is 19.9 Å². The molecule has 5 nitrogen and oxygen atoms in total. The molecule has 2 rings (SSSR count).